The van der Waals surface area contributed by atoms with Crippen molar-refractivity contribution in [3.8, 4) is 0 Å². The van der Waals surface area contributed by atoms with Crippen LogP contribution in [0.25, 0.3) is 0 Å². The molecular formula is C15H26N4. The minimum atomic E-state index is 0.463. The summed E-state index contributed by atoms with van der Waals surface area (Å²) in [4.78, 5) is 0. The lowest BCUT2D eigenvalue weighted by Crippen LogP contribution is -2.22. The highest BCUT2D eigenvalue weighted by atomic mass is 15.3. The van der Waals surface area contributed by atoms with Gasteiger partial charge < -0.3 is 9.88 Å². The minimum Gasteiger partial charge on any atom is -0.314 e. The Bertz CT molecular complexity index is 458. The molecule has 106 valence electrons. The van der Waals surface area contributed by atoms with E-state index in [9.17, 15) is 0 Å². The summed E-state index contributed by atoms with van der Waals surface area (Å²) in [5, 5.41) is 12.2. The van der Waals surface area contributed by atoms with Gasteiger partial charge in [0.2, 0.25) is 0 Å². The number of nitrogens with one attached hydrogen (secondary N) is 1. The van der Waals surface area contributed by atoms with E-state index < -0.39 is 0 Å². The van der Waals surface area contributed by atoms with Gasteiger partial charge in [0.1, 0.15) is 11.6 Å². The van der Waals surface area contributed by atoms with E-state index in [1.165, 1.54) is 18.7 Å². The van der Waals surface area contributed by atoms with E-state index in [4.69, 9.17) is 0 Å². The van der Waals surface area contributed by atoms with E-state index >= 15 is 0 Å². The first-order valence-electron chi connectivity index (χ1n) is 7.56. The Labute approximate surface area is 116 Å². The van der Waals surface area contributed by atoms with Gasteiger partial charge in [-0.1, -0.05) is 27.7 Å². The number of aryl methyl sites for hydroxylation is 1. The third kappa shape index (κ3) is 2.00. The van der Waals surface area contributed by atoms with Gasteiger partial charge in [-0.15, -0.1) is 10.2 Å². The van der Waals surface area contributed by atoms with E-state index in [1.54, 1.807) is 0 Å². The molecule has 1 aromatic heterocycles. The maximum Gasteiger partial charge on any atom is 0.147 e. The second kappa shape index (κ2) is 4.30. The number of fused-ring (bicyclic) bond motifs is 1. The molecule has 1 aromatic rings. The van der Waals surface area contributed by atoms with Crippen molar-refractivity contribution in [1.29, 1.82) is 0 Å². The van der Waals surface area contributed by atoms with Crippen molar-refractivity contribution < 1.29 is 0 Å². The molecule has 0 atom stereocenters. The van der Waals surface area contributed by atoms with Gasteiger partial charge in [0.25, 0.3) is 0 Å². The molecule has 2 aliphatic rings. The number of hydrogen-bond donors (Lipinski definition) is 1. The molecule has 0 spiro atoms. The average molecular weight is 262 g/mol. The van der Waals surface area contributed by atoms with Crippen LogP contribution in [0.3, 0.4) is 0 Å². The summed E-state index contributed by atoms with van der Waals surface area (Å²) in [5.74, 6) is 3.06. The van der Waals surface area contributed by atoms with Gasteiger partial charge in [0.15, 0.2) is 0 Å². The lowest BCUT2D eigenvalue weighted by molar-refractivity contribution is 0.457. The van der Waals surface area contributed by atoms with Gasteiger partial charge >= 0.3 is 0 Å². The molecule has 1 N–H and O–H groups in total. The van der Waals surface area contributed by atoms with E-state index in [0.717, 1.165) is 37.8 Å². The average Bonchev–Trinajstić information content (AvgIpc) is 2.68. The monoisotopic (exact) mass is 262 g/mol. The summed E-state index contributed by atoms with van der Waals surface area (Å²) in [6.45, 7) is 12.5. The number of aromatic nitrogens is 3. The van der Waals surface area contributed by atoms with Gasteiger partial charge in [-0.2, -0.15) is 0 Å². The molecule has 0 bridgehead atoms. The van der Waals surface area contributed by atoms with Gasteiger partial charge in [0, 0.05) is 13.0 Å². The highest BCUT2D eigenvalue weighted by molar-refractivity contribution is 5.13. The maximum atomic E-state index is 4.34. The topological polar surface area (TPSA) is 42.7 Å². The number of hydrogen-bond acceptors (Lipinski definition) is 3. The van der Waals surface area contributed by atoms with Crippen molar-refractivity contribution >= 4 is 0 Å². The molecule has 4 heteroatoms. The highest BCUT2D eigenvalue weighted by Crippen LogP contribution is 2.67. The molecule has 0 aromatic carbocycles. The van der Waals surface area contributed by atoms with E-state index in [2.05, 4.69) is 47.8 Å². The van der Waals surface area contributed by atoms with E-state index in [-0.39, 0.29) is 0 Å². The first-order chi connectivity index (χ1) is 8.94. The van der Waals surface area contributed by atoms with Crippen LogP contribution in [0.4, 0.5) is 0 Å². The summed E-state index contributed by atoms with van der Waals surface area (Å²) in [5.41, 5.74) is 0.925. The molecule has 0 unspecified atom stereocenters. The SMILES string of the molecule is CC1(C)C(CNCc2nnc3n2CCCC3)C1(C)C. The quantitative estimate of drug-likeness (QED) is 0.906. The Morgan fingerprint density at radius 3 is 2.58 bits per heavy atom. The van der Waals surface area contributed by atoms with Crippen molar-refractivity contribution in [2.24, 2.45) is 16.7 Å². The largest absolute Gasteiger partial charge is 0.314 e. The molecule has 0 radical (unpaired) electrons. The fourth-order valence-corrected chi connectivity index (χ4v) is 3.67. The molecule has 2 heterocycles. The molecule has 0 saturated heterocycles. The van der Waals surface area contributed by atoms with Gasteiger partial charge in [-0.05, 0) is 36.1 Å². The van der Waals surface area contributed by atoms with E-state index in [1.807, 2.05) is 0 Å². The summed E-state index contributed by atoms with van der Waals surface area (Å²) in [6.07, 6.45) is 3.62. The lowest BCUT2D eigenvalue weighted by Gasteiger charge is -2.15. The van der Waals surface area contributed by atoms with Crippen molar-refractivity contribution in [2.75, 3.05) is 6.54 Å². The predicted octanol–water partition coefficient (Wildman–Crippen LogP) is 2.39. The summed E-state index contributed by atoms with van der Waals surface area (Å²) in [6, 6.07) is 0. The highest BCUT2D eigenvalue weighted by Gasteiger charge is 2.63. The zero-order valence-electron chi connectivity index (χ0n) is 12.7. The zero-order chi connectivity index (χ0) is 13.7. The van der Waals surface area contributed by atoms with Crippen molar-refractivity contribution in [1.82, 2.24) is 20.1 Å². The first-order valence-corrected chi connectivity index (χ1v) is 7.56. The number of nitrogens with zero attached hydrogens (tertiary/aromatic N) is 3. The second-order valence-electron chi connectivity index (χ2n) is 7.27. The molecule has 1 aliphatic carbocycles. The predicted molar refractivity (Wildman–Crippen MR) is 75.7 cm³/mol. The van der Waals surface area contributed by atoms with E-state index in [0.29, 0.717) is 10.8 Å². The van der Waals surface area contributed by atoms with Crippen LogP contribution in [0.2, 0.25) is 0 Å². The Morgan fingerprint density at radius 2 is 1.89 bits per heavy atom. The van der Waals surface area contributed by atoms with Gasteiger partial charge in [-0.3, -0.25) is 0 Å². The summed E-state index contributed by atoms with van der Waals surface area (Å²) < 4.78 is 2.31. The van der Waals surface area contributed by atoms with Crippen LogP contribution in [-0.4, -0.2) is 21.3 Å². The van der Waals surface area contributed by atoms with Gasteiger partial charge in [-0.25, -0.2) is 0 Å². The van der Waals surface area contributed by atoms with Crippen LogP contribution in [0.1, 0.15) is 52.2 Å². The molecule has 3 rings (SSSR count). The first kappa shape index (κ1) is 13.1. The van der Waals surface area contributed by atoms with Crippen LogP contribution in [0.5, 0.6) is 0 Å². The third-order valence-corrected chi connectivity index (χ3v) is 5.89. The Hall–Kier alpha value is -0.900. The molecule has 19 heavy (non-hydrogen) atoms. The summed E-state index contributed by atoms with van der Waals surface area (Å²) >= 11 is 0. The third-order valence-electron chi connectivity index (χ3n) is 5.89. The van der Waals surface area contributed by atoms with Crippen molar-refractivity contribution in [2.45, 2.75) is 60.0 Å². The van der Waals surface area contributed by atoms with Crippen molar-refractivity contribution in [3.05, 3.63) is 11.6 Å². The normalized spacial score (nSPS) is 24.2. The van der Waals surface area contributed by atoms with Crippen LogP contribution in [-0.2, 0) is 19.5 Å². The maximum absolute atomic E-state index is 4.34. The fourth-order valence-electron chi connectivity index (χ4n) is 3.67. The molecule has 1 fully saturated rings. The molecule has 0 amide bonds. The van der Waals surface area contributed by atoms with Crippen molar-refractivity contribution in [3.63, 3.8) is 0 Å². The second-order valence-corrected chi connectivity index (χ2v) is 7.27. The number of rotatable bonds is 4. The smallest absolute Gasteiger partial charge is 0.147 e. The standard InChI is InChI=1S/C15H26N4/c1-14(2)11(15(14,3)4)9-16-10-13-18-17-12-7-5-6-8-19(12)13/h11,16H,5-10H2,1-4H3. The Morgan fingerprint density at radius 1 is 1.16 bits per heavy atom. The van der Waals surface area contributed by atoms with Crippen LogP contribution >= 0.6 is 0 Å². The van der Waals surface area contributed by atoms with Crippen LogP contribution < -0.4 is 5.32 Å². The van der Waals surface area contributed by atoms with Gasteiger partial charge in [0.05, 0.1) is 6.54 Å². The lowest BCUT2D eigenvalue weighted by atomic mass is 10.0. The summed E-state index contributed by atoms with van der Waals surface area (Å²) in [7, 11) is 0. The van der Waals surface area contributed by atoms with Crippen LogP contribution in [0.15, 0.2) is 0 Å². The molecular weight excluding hydrogens is 236 g/mol. The van der Waals surface area contributed by atoms with Crippen LogP contribution in [0, 0.1) is 16.7 Å². The zero-order valence-corrected chi connectivity index (χ0v) is 12.7. The Kier molecular flexibility index (Phi) is 2.97. The minimum absolute atomic E-state index is 0.463. The molecule has 4 nitrogen and oxygen atoms in total. The molecule has 1 saturated carbocycles. The fraction of sp³-hybridized carbons (Fsp3) is 0.867. The molecule has 1 aliphatic heterocycles. The Balaban J connectivity index is 1.55.